The van der Waals surface area contributed by atoms with Crippen molar-refractivity contribution in [3.8, 4) is 0 Å². The Hall–Kier alpha value is -1.91. The number of nitrogens with zero attached hydrogens (tertiary/aromatic N) is 1. The lowest BCUT2D eigenvalue weighted by Gasteiger charge is -2.40. The molecular weight excluding hydrogens is 418 g/mol. The Morgan fingerprint density at radius 2 is 1.65 bits per heavy atom. The van der Waals surface area contributed by atoms with Gasteiger partial charge in [-0.05, 0) is 37.6 Å². The first-order valence-electron chi connectivity index (χ1n) is 10.1. The van der Waals surface area contributed by atoms with Crippen molar-refractivity contribution in [3.63, 3.8) is 0 Å². The minimum absolute atomic E-state index is 0.476. The molecule has 7 nitrogen and oxygen atoms in total. The molecule has 2 heterocycles. The standard InChI is InChI=1S/C23H27NO6S/c1-23(2,29)13-7-9-14(10-8-13)31-18-11-24(16-6-4-3-5-15(16)18)22-21(28)20(27)19(26)17(12-25)30-22/h3-11,17,19-22,25-29H,12H2,1-2H3/t17-,19-,20+,21-,22-/m1/s1. The summed E-state index contributed by atoms with van der Waals surface area (Å²) in [6.07, 6.45) is -4.31. The van der Waals surface area contributed by atoms with Crippen LogP contribution < -0.4 is 0 Å². The molecule has 1 aromatic heterocycles. The molecule has 31 heavy (non-hydrogen) atoms. The van der Waals surface area contributed by atoms with Gasteiger partial charge in [-0.25, -0.2) is 0 Å². The van der Waals surface area contributed by atoms with Gasteiger partial charge < -0.3 is 34.8 Å². The van der Waals surface area contributed by atoms with Crippen molar-refractivity contribution in [1.29, 1.82) is 0 Å². The molecule has 0 amide bonds. The van der Waals surface area contributed by atoms with E-state index in [2.05, 4.69) is 0 Å². The van der Waals surface area contributed by atoms with Crippen molar-refractivity contribution in [2.75, 3.05) is 6.61 Å². The first-order chi connectivity index (χ1) is 14.7. The van der Waals surface area contributed by atoms with E-state index in [1.807, 2.05) is 54.7 Å². The van der Waals surface area contributed by atoms with Crippen LogP contribution in [0.5, 0.6) is 0 Å². The Balaban J connectivity index is 1.69. The summed E-state index contributed by atoms with van der Waals surface area (Å²) in [4.78, 5) is 1.90. The van der Waals surface area contributed by atoms with Crippen molar-refractivity contribution >= 4 is 22.7 Å². The van der Waals surface area contributed by atoms with Crippen LogP contribution in [0.1, 0.15) is 25.6 Å². The van der Waals surface area contributed by atoms with Gasteiger partial charge in [-0.3, -0.25) is 0 Å². The summed E-state index contributed by atoms with van der Waals surface area (Å²) in [6, 6.07) is 15.3. The molecule has 0 aliphatic carbocycles. The predicted molar refractivity (Wildman–Crippen MR) is 117 cm³/mol. The number of aliphatic hydroxyl groups excluding tert-OH is 4. The molecule has 5 N–H and O–H groups in total. The maximum absolute atomic E-state index is 10.6. The highest BCUT2D eigenvalue weighted by Crippen LogP contribution is 2.39. The topological polar surface area (TPSA) is 115 Å². The fraction of sp³-hybridized carbons (Fsp3) is 0.391. The number of aliphatic hydroxyl groups is 5. The number of aromatic nitrogens is 1. The second-order valence-corrected chi connectivity index (χ2v) is 9.44. The zero-order valence-electron chi connectivity index (χ0n) is 17.3. The minimum atomic E-state index is -1.44. The summed E-state index contributed by atoms with van der Waals surface area (Å²) in [7, 11) is 0. The van der Waals surface area contributed by atoms with E-state index in [0.29, 0.717) is 0 Å². The number of fused-ring (bicyclic) bond motifs is 1. The van der Waals surface area contributed by atoms with Gasteiger partial charge in [-0.15, -0.1) is 0 Å². The smallest absolute Gasteiger partial charge is 0.163 e. The number of hydrogen-bond donors (Lipinski definition) is 5. The van der Waals surface area contributed by atoms with Gasteiger partial charge in [0.15, 0.2) is 6.23 Å². The zero-order chi connectivity index (χ0) is 22.3. The summed E-state index contributed by atoms with van der Waals surface area (Å²) in [6.45, 7) is 3.00. The molecule has 3 aromatic rings. The first-order valence-corrected chi connectivity index (χ1v) is 10.9. The average Bonchev–Trinajstić information content (AvgIpc) is 3.10. The molecular formula is C23H27NO6S. The van der Waals surface area contributed by atoms with Crippen molar-refractivity contribution in [3.05, 3.63) is 60.3 Å². The van der Waals surface area contributed by atoms with Crippen molar-refractivity contribution < 1.29 is 30.3 Å². The van der Waals surface area contributed by atoms with Crippen LogP contribution >= 0.6 is 11.8 Å². The van der Waals surface area contributed by atoms with E-state index in [-0.39, 0.29) is 0 Å². The summed E-state index contributed by atoms with van der Waals surface area (Å²) in [5.41, 5.74) is 0.700. The molecule has 0 unspecified atom stereocenters. The molecule has 166 valence electrons. The lowest BCUT2D eigenvalue weighted by molar-refractivity contribution is -0.250. The van der Waals surface area contributed by atoms with E-state index < -0.39 is 42.9 Å². The van der Waals surface area contributed by atoms with Gasteiger partial charge >= 0.3 is 0 Å². The Kier molecular flexibility index (Phi) is 6.15. The van der Waals surface area contributed by atoms with Crippen molar-refractivity contribution in [2.45, 2.75) is 59.9 Å². The monoisotopic (exact) mass is 445 g/mol. The molecule has 1 fully saturated rings. The molecule has 1 aliphatic heterocycles. The molecule has 5 atom stereocenters. The Bertz CT molecular complexity index is 1040. The second-order valence-electron chi connectivity index (χ2n) is 8.32. The predicted octanol–water partition coefficient (Wildman–Crippen LogP) is 1.99. The van der Waals surface area contributed by atoms with Gasteiger partial charge in [-0.2, -0.15) is 0 Å². The summed E-state index contributed by atoms with van der Waals surface area (Å²) in [5, 5.41) is 51.5. The number of ether oxygens (including phenoxy) is 1. The van der Waals surface area contributed by atoms with Gasteiger partial charge in [0.05, 0.1) is 17.7 Å². The van der Waals surface area contributed by atoms with Crippen molar-refractivity contribution in [2.24, 2.45) is 0 Å². The van der Waals surface area contributed by atoms with E-state index in [4.69, 9.17) is 4.74 Å². The van der Waals surface area contributed by atoms with Crippen LogP contribution in [0.2, 0.25) is 0 Å². The van der Waals surface area contributed by atoms with Crippen molar-refractivity contribution in [1.82, 2.24) is 4.57 Å². The number of benzene rings is 2. The summed E-state index contributed by atoms with van der Waals surface area (Å²) in [5.74, 6) is 0. The third-order valence-electron chi connectivity index (χ3n) is 5.63. The third kappa shape index (κ3) is 4.25. The Morgan fingerprint density at radius 1 is 0.968 bits per heavy atom. The lowest BCUT2D eigenvalue weighted by Crippen LogP contribution is -2.56. The highest BCUT2D eigenvalue weighted by molar-refractivity contribution is 7.99. The van der Waals surface area contributed by atoms with Crippen LogP contribution in [-0.2, 0) is 10.3 Å². The molecule has 1 aliphatic rings. The van der Waals surface area contributed by atoms with Gasteiger partial charge in [0, 0.05) is 21.4 Å². The second kappa shape index (κ2) is 8.55. The number of para-hydroxylation sites is 1. The van der Waals surface area contributed by atoms with Crippen LogP contribution in [0.15, 0.2) is 64.5 Å². The van der Waals surface area contributed by atoms with Crippen LogP contribution in [0.4, 0.5) is 0 Å². The fourth-order valence-electron chi connectivity index (χ4n) is 3.83. The molecule has 2 aromatic carbocycles. The number of rotatable bonds is 5. The van der Waals surface area contributed by atoms with Crippen LogP contribution in [-0.4, -0.2) is 61.1 Å². The molecule has 0 saturated carbocycles. The molecule has 0 spiro atoms. The highest BCUT2D eigenvalue weighted by Gasteiger charge is 2.44. The Labute approximate surface area is 184 Å². The highest BCUT2D eigenvalue weighted by atomic mass is 32.2. The van der Waals surface area contributed by atoms with E-state index >= 15 is 0 Å². The van der Waals surface area contributed by atoms with E-state index in [0.717, 1.165) is 26.3 Å². The quantitative estimate of drug-likeness (QED) is 0.408. The normalized spacial score (nSPS) is 27.0. The van der Waals surface area contributed by atoms with E-state index in [9.17, 15) is 25.5 Å². The van der Waals surface area contributed by atoms with Gasteiger partial charge in [0.25, 0.3) is 0 Å². The SMILES string of the molecule is CC(C)(O)c1ccc(Sc2cn([C@@H]3O[C@H](CO)[C@@H](O)[C@H](O)[C@H]3O)c3ccccc23)cc1. The maximum atomic E-state index is 10.6. The van der Waals surface area contributed by atoms with Gasteiger partial charge in [0.1, 0.15) is 24.4 Å². The Morgan fingerprint density at radius 3 is 2.29 bits per heavy atom. The molecule has 1 saturated heterocycles. The maximum Gasteiger partial charge on any atom is 0.163 e. The fourth-order valence-corrected chi connectivity index (χ4v) is 4.81. The zero-order valence-corrected chi connectivity index (χ0v) is 18.1. The lowest BCUT2D eigenvalue weighted by atomic mass is 9.98. The molecule has 0 bridgehead atoms. The molecule has 8 heteroatoms. The molecule has 0 radical (unpaired) electrons. The summed E-state index contributed by atoms with van der Waals surface area (Å²) >= 11 is 1.53. The van der Waals surface area contributed by atoms with Gasteiger partial charge in [0.2, 0.25) is 0 Å². The first kappa shape index (κ1) is 22.3. The van der Waals surface area contributed by atoms with Crippen LogP contribution in [0.25, 0.3) is 10.9 Å². The van der Waals surface area contributed by atoms with E-state index in [1.54, 1.807) is 18.4 Å². The van der Waals surface area contributed by atoms with Crippen LogP contribution in [0.3, 0.4) is 0 Å². The average molecular weight is 446 g/mol. The summed E-state index contributed by atoms with van der Waals surface area (Å²) < 4.78 is 7.48. The minimum Gasteiger partial charge on any atom is -0.394 e. The molecule has 4 rings (SSSR count). The number of hydrogen-bond acceptors (Lipinski definition) is 7. The van der Waals surface area contributed by atoms with Crippen LogP contribution in [0, 0.1) is 0 Å². The van der Waals surface area contributed by atoms with E-state index in [1.165, 1.54) is 11.8 Å². The third-order valence-corrected chi connectivity index (χ3v) is 6.69. The largest absolute Gasteiger partial charge is 0.394 e. The van der Waals surface area contributed by atoms with Gasteiger partial charge in [-0.1, -0.05) is 42.1 Å².